The van der Waals surface area contributed by atoms with Crippen LogP contribution in [0.2, 0.25) is 0 Å². The smallest absolute Gasteiger partial charge is 0.131 e. The number of hydrogen-bond acceptors (Lipinski definition) is 2. The molecule has 15 heavy (non-hydrogen) atoms. The lowest BCUT2D eigenvalue weighted by Gasteiger charge is -2.15. The average molecular weight is 276 g/mol. The number of ether oxygens (including phenoxy) is 1. The van der Waals surface area contributed by atoms with Gasteiger partial charge in [0.2, 0.25) is 0 Å². The van der Waals surface area contributed by atoms with Crippen molar-refractivity contribution in [3.05, 3.63) is 29.6 Å². The Labute approximate surface area is 98.2 Å². The third-order valence-electron chi connectivity index (χ3n) is 2.17. The zero-order valence-electron chi connectivity index (χ0n) is 8.96. The summed E-state index contributed by atoms with van der Waals surface area (Å²) in [5, 5.41) is 0.890. The SMILES string of the molecule is COc1ccc(CN(C)CCBr)c(F)c1. The maximum atomic E-state index is 13.5. The van der Waals surface area contributed by atoms with Gasteiger partial charge in [0.1, 0.15) is 11.6 Å². The van der Waals surface area contributed by atoms with Crippen LogP contribution in [0.4, 0.5) is 4.39 Å². The second-order valence-electron chi connectivity index (χ2n) is 3.38. The van der Waals surface area contributed by atoms with E-state index in [-0.39, 0.29) is 5.82 Å². The summed E-state index contributed by atoms with van der Waals surface area (Å²) in [4.78, 5) is 2.06. The fourth-order valence-corrected chi connectivity index (χ4v) is 1.90. The Hall–Kier alpha value is -0.610. The molecular formula is C11H15BrFNO. The molecule has 0 radical (unpaired) electrons. The van der Waals surface area contributed by atoms with Gasteiger partial charge < -0.3 is 9.64 Å². The first-order valence-electron chi connectivity index (χ1n) is 4.74. The predicted molar refractivity (Wildman–Crippen MR) is 63.1 cm³/mol. The monoisotopic (exact) mass is 275 g/mol. The minimum absolute atomic E-state index is 0.212. The van der Waals surface area contributed by atoms with E-state index in [1.54, 1.807) is 12.1 Å². The first kappa shape index (κ1) is 12.5. The van der Waals surface area contributed by atoms with Crippen molar-refractivity contribution >= 4 is 15.9 Å². The Kier molecular flexibility index (Phi) is 5.05. The zero-order valence-corrected chi connectivity index (χ0v) is 10.6. The second kappa shape index (κ2) is 6.08. The van der Waals surface area contributed by atoms with Crippen LogP contribution in [0.3, 0.4) is 0 Å². The molecule has 0 saturated carbocycles. The van der Waals surface area contributed by atoms with Crippen LogP contribution in [0.15, 0.2) is 18.2 Å². The van der Waals surface area contributed by atoms with E-state index in [4.69, 9.17) is 4.74 Å². The fourth-order valence-electron chi connectivity index (χ4n) is 1.30. The van der Waals surface area contributed by atoms with E-state index in [1.165, 1.54) is 13.2 Å². The van der Waals surface area contributed by atoms with Crippen LogP contribution < -0.4 is 4.74 Å². The third kappa shape index (κ3) is 3.80. The van der Waals surface area contributed by atoms with E-state index in [0.717, 1.165) is 11.9 Å². The Morgan fingerprint density at radius 3 is 2.73 bits per heavy atom. The summed E-state index contributed by atoms with van der Waals surface area (Å²) < 4.78 is 18.5. The van der Waals surface area contributed by atoms with Crippen molar-refractivity contribution < 1.29 is 9.13 Å². The van der Waals surface area contributed by atoms with Crippen molar-refractivity contribution in [3.8, 4) is 5.75 Å². The molecule has 0 aliphatic carbocycles. The van der Waals surface area contributed by atoms with E-state index >= 15 is 0 Å². The lowest BCUT2D eigenvalue weighted by Crippen LogP contribution is -2.20. The van der Waals surface area contributed by atoms with Crippen molar-refractivity contribution in [1.29, 1.82) is 0 Å². The summed E-state index contributed by atoms with van der Waals surface area (Å²) in [5.41, 5.74) is 0.694. The summed E-state index contributed by atoms with van der Waals surface area (Å²) in [6, 6.07) is 4.95. The molecule has 1 aromatic carbocycles. The quantitative estimate of drug-likeness (QED) is 0.767. The largest absolute Gasteiger partial charge is 0.497 e. The summed E-state index contributed by atoms with van der Waals surface area (Å²) in [7, 11) is 3.50. The first-order chi connectivity index (χ1) is 7.17. The van der Waals surface area contributed by atoms with Gasteiger partial charge in [-0.2, -0.15) is 0 Å². The van der Waals surface area contributed by atoms with Gasteiger partial charge >= 0.3 is 0 Å². The van der Waals surface area contributed by atoms with Gasteiger partial charge in [0.05, 0.1) is 7.11 Å². The number of alkyl halides is 1. The van der Waals surface area contributed by atoms with E-state index in [9.17, 15) is 4.39 Å². The van der Waals surface area contributed by atoms with Crippen LogP contribution in [0.25, 0.3) is 0 Å². The zero-order chi connectivity index (χ0) is 11.3. The molecule has 0 aromatic heterocycles. The molecule has 84 valence electrons. The van der Waals surface area contributed by atoms with Gasteiger partial charge in [-0.1, -0.05) is 22.0 Å². The molecule has 0 aliphatic heterocycles. The van der Waals surface area contributed by atoms with Crippen LogP contribution in [0.5, 0.6) is 5.75 Å². The highest BCUT2D eigenvalue weighted by molar-refractivity contribution is 9.09. The molecule has 0 N–H and O–H groups in total. The van der Waals surface area contributed by atoms with Gasteiger partial charge in [-0.3, -0.25) is 0 Å². The molecule has 0 spiro atoms. The molecular weight excluding hydrogens is 261 g/mol. The fraction of sp³-hybridized carbons (Fsp3) is 0.455. The molecule has 0 heterocycles. The molecule has 0 amide bonds. The number of methoxy groups -OCH3 is 1. The molecule has 0 atom stereocenters. The van der Waals surface area contributed by atoms with Gasteiger partial charge in [0, 0.05) is 30.0 Å². The van der Waals surface area contributed by atoms with E-state index in [0.29, 0.717) is 17.9 Å². The number of halogens is 2. The lowest BCUT2D eigenvalue weighted by molar-refractivity contribution is 0.341. The highest BCUT2D eigenvalue weighted by Crippen LogP contribution is 2.17. The normalized spacial score (nSPS) is 10.7. The molecule has 1 rings (SSSR count). The van der Waals surface area contributed by atoms with Crippen LogP contribution in [-0.2, 0) is 6.54 Å². The minimum atomic E-state index is -0.212. The Morgan fingerprint density at radius 2 is 2.20 bits per heavy atom. The lowest BCUT2D eigenvalue weighted by atomic mass is 10.2. The number of hydrogen-bond donors (Lipinski definition) is 0. The minimum Gasteiger partial charge on any atom is -0.497 e. The molecule has 1 aromatic rings. The van der Waals surface area contributed by atoms with Gasteiger partial charge in [-0.15, -0.1) is 0 Å². The molecule has 0 saturated heterocycles. The summed E-state index contributed by atoms with van der Waals surface area (Å²) in [6.45, 7) is 1.51. The van der Waals surface area contributed by atoms with Gasteiger partial charge in [-0.25, -0.2) is 4.39 Å². The van der Waals surface area contributed by atoms with Crippen molar-refractivity contribution in [2.45, 2.75) is 6.54 Å². The molecule has 0 bridgehead atoms. The Bertz CT molecular complexity index is 319. The van der Waals surface area contributed by atoms with Crippen LogP contribution in [0, 0.1) is 5.82 Å². The molecule has 4 heteroatoms. The maximum absolute atomic E-state index is 13.5. The van der Waals surface area contributed by atoms with Crippen LogP contribution >= 0.6 is 15.9 Å². The van der Waals surface area contributed by atoms with E-state index < -0.39 is 0 Å². The molecule has 0 aliphatic rings. The number of benzene rings is 1. The predicted octanol–water partition coefficient (Wildman–Crippen LogP) is 2.66. The van der Waals surface area contributed by atoms with Gasteiger partial charge in [-0.05, 0) is 13.1 Å². The Morgan fingerprint density at radius 1 is 1.47 bits per heavy atom. The summed E-state index contributed by atoms with van der Waals surface area (Å²) in [5.74, 6) is 0.343. The van der Waals surface area contributed by atoms with E-state index in [1.807, 2.05) is 7.05 Å². The van der Waals surface area contributed by atoms with E-state index in [2.05, 4.69) is 20.8 Å². The van der Waals surface area contributed by atoms with Gasteiger partial charge in [0.15, 0.2) is 0 Å². The molecule has 0 fully saturated rings. The van der Waals surface area contributed by atoms with Crippen LogP contribution in [-0.4, -0.2) is 30.9 Å². The topological polar surface area (TPSA) is 12.5 Å². The maximum Gasteiger partial charge on any atom is 0.131 e. The summed E-state index contributed by atoms with van der Waals surface area (Å²) in [6.07, 6.45) is 0. The number of rotatable bonds is 5. The van der Waals surface area contributed by atoms with Crippen LogP contribution in [0.1, 0.15) is 5.56 Å². The third-order valence-corrected chi connectivity index (χ3v) is 2.52. The summed E-state index contributed by atoms with van der Waals surface area (Å²) >= 11 is 3.35. The standard InChI is InChI=1S/C11H15BrFNO/c1-14(6-5-12)8-9-3-4-10(15-2)7-11(9)13/h3-4,7H,5-6,8H2,1-2H3. The van der Waals surface area contributed by atoms with Crippen molar-refractivity contribution in [1.82, 2.24) is 4.90 Å². The molecule has 0 unspecified atom stereocenters. The van der Waals surface area contributed by atoms with Crippen molar-refractivity contribution in [2.24, 2.45) is 0 Å². The first-order valence-corrected chi connectivity index (χ1v) is 5.86. The Balaban J connectivity index is 2.69. The highest BCUT2D eigenvalue weighted by Gasteiger charge is 2.06. The number of nitrogens with zero attached hydrogens (tertiary/aromatic N) is 1. The van der Waals surface area contributed by atoms with Crippen molar-refractivity contribution in [3.63, 3.8) is 0 Å². The van der Waals surface area contributed by atoms with Gasteiger partial charge in [0.25, 0.3) is 0 Å². The molecule has 2 nitrogen and oxygen atoms in total. The highest BCUT2D eigenvalue weighted by atomic mass is 79.9. The van der Waals surface area contributed by atoms with Crippen molar-refractivity contribution in [2.75, 3.05) is 26.0 Å². The second-order valence-corrected chi connectivity index (χ2v) is 4.18. The average Bonchev–Trinajstić information content (AvgIpc) is 2.21.